The SMILES string of the molecule is O=C(CO)Cc1c(F)cccc1Cl. The van der Waals surface area contributed by atoms with E-state index in [1.807, 2.05) is 0 Å². The lowest BCUT2D eigenvalue weighted by Gasteiger charge is -2.02. The molecule has 1 aromatic rings. The minimum atomic E-state index is -0.593. The number of hydrogen-bond donors (Lipinski definition) is 1. The second kappa shape index (κ2) is 4.35. The van der Waals surface area contributed by atoms with Crippen LogP contribution in [0, 0.1) is 5.82 Å². The summed E-state index contributed by atoms with van der Waals surface area (Å²) in [7, 11) is 0. The second-order valence-corrected chi connectivity index (χ2v) is 2.98. The van der Waals surface area contributed by atoms with Crippen molar-refractivity contribution in [2.45, 2.75) is 6.42 Å². The van der Waals surface area contributed by atoms with E-state index < -0.39 is 18.2 Å². The van der Waals surface area contributed by atoms with Gasteiger partial charge in [-0.25, -0.2) is 4.39 Å². The van der Waals surface area contributed by atoms with E-state index in [-0.39, 0.29) is 17.0 Å². The molecule has 0 aliphatic heterocycles. The van der Waals surface area contributed by atoms with Gasteiger partial charge in [0, 0.05) is 17.0 Å². The number of benzene rings is 1. The number of carbonyl (C=O) groups is 1. The van der Waals surface area contributed by atoms with E-state index in [2.05, 4.69) is 0 Å². The van der Waals surface area contributed by atoms with E-state index in [1.54, 1.807) is 0 Å². The predicted molar refractivity (Wildman–Crippen MR) is 47.2 cm³/mol. The van der Waals surface area contributed by atoms with Crippen LogP contribution in [0.3, 0.4) is 0 Å². The molecule has 0 saturated carbocycles. The highest BCUT2D eigenvalue weighted by Gasteiger charge is 2.10. The number of aliphatic hydroxyl groups excluding tert-OH is 1. The third-order valence-corrected chi connectivity index (χ3v) is 1.97. The van der Waals surface area contributed by atoms with Crippen LogP contribution in [-0.4, -0.2) is 17.5 Å². The predicted octanol–water partition coefficient (Wildman–Crippen LogP) is 1.58. The van der Waals surface area contributed by atoms with Crippen molar-refractivity contribution >= 4 is 17.4 Å². The normalized spacial score (nSPS) is 10.1. The Bertz CT molecular complexity index is 305. The fraction of sp³-hybridized carbons (Fsp3) is 0.222. The Morgan fingerprint density at radius 1 is 1.54 bits per heavy atom. The van der Waals surface area contributed by atoms with E-state index in [1.165, 1.54) is 18.2 Å². The number of ketones is 1. The van der Waals surface area contributed by atoms with Gasteiger partial charge in [-0.3, -0.25) is 4.79 Å². The molecule has 0 saturated heterocycles. The van der Waals surface area contributed by atoms with Crippen molar-refractivity contribution in [3.63, 3.8) is 0 Å². The van der Waals surface area contributed by atoms with E-state index in [0.29, 0.717) is 0 Å². The number of rotatable bonds is 3. The zero-order valence-corrected chi connectivity index (χ0v) is 7.51. The van der Waals surface area contributed by atoms with E-state index in [9.17, 15) is 9.18 Å². The Morgan fingerprint density at radius 2 is 2.23 bits per heavy atom. The van der Waals surface area contributed by atoms with Crippen molar-refractivity contribution in [1.29, 1.82) is 0 Å². The number of aliphatic hydroxyl groups is 1. The van der Waals surface area contributed by atoms with Crippen LogP contribution in [0.1, 0.15) is 5.56 Å². The summed E-state index contributed by atoms with van der Waals surface area (Å²) in [6.45, 7) is -0.593. The number of halogens is 2. The molecule has 1 N–H and O–H groups in total. The third-order valence-electron chi connectivity index (χ3n) is 1.61. The first kappa shape index (κ1) is 10.2. The Balaban J connectivity index is 2.93. The van der Waals surface area contributed by atoms with Gasteiger partial charge in [-0.2, -0.15) is 0 Å². The van der Waals surface area contributed by atoms with Gasteiger partial charge in [-0.1, -0.05) is 17.7 Å². The largest absolute Gasteiger partial charge is 0.389 e. The topological polar surface area (TPSA) is 37.3 Å². The van der Waals surface area contributed by atoms with Gasteiger partial charge >= 0.3 is 0 Å². The van der Waals surface area contributed by atoms with Crippen LogP contribution in [0.25, 0.3) is 0 Å². The Kier molecular flexibility index (Phi) is 3.39. The first-order valence-corrected chi connectivity index (χ1v) is 4.08. The highest BCUT2D eigenvalue weighted by molar-refractivity contribution is 6.31. The standard InChI is InChI=1S/C9H8ClFO2/c10-8-2-1-3-9(11)7(8)4-6(13)5-12/h1-3,12H,4-5H2. The third kappa shape index (κ3) is 2.50. The maximum Gasteiger partial charge on any atom is 0.162 e. The van der Waals surface area contributed by atoms with Crippen molar-refractivity contribution in [3.05, 3.63) is 34.6 Å². The number of Topliss-reactive ketones (excluding diaryl/α,β-unsaturated/α-hetero) is 1. The zero-order chi connectivity index (χ0) is 9.84. The maximum atomic E-state index is 13.0. The molecule has 70 valence electrons. The maximum absolute atomic E-state index is 13.0. The summed E-state index contributed by atoms with van der Waals surface area (Å²) >= 11 is 5.66. The first-order valence-electron chi connectivity index (χ1n) is 3.70. The van der Waals surface area contributed by atoms with E-state index in [4.69, 9.17) is 16.7 Å². The van der Waals surface area contributed by atoms with Crippen molar-refractivity contribution in [1.82, 2.24) is 0 Å². The lowest BCUT2D eigenvalue weighted by atomic mass is 10.1. The minimum absolute atomic E-state index is 0.142. The van der Waals surface area contributed by atoms with Gasteiger partial charge in [0.25, 0.3) is 0 Å². The molecular formula is C9H8ClFO2. The van der Waals surface area contributed by atoms with Gasteiger partial charge in [-0.15, -0.1) is 0 Å². The molecule has 0 aliphatic rings. The van der Waals surface area contributed by atoms with Crippen LogP contribution in [0.15, 0.2) is 18.2 Å². The summed E-state index contributed by atoms with van der Waals surface area (Å²) in [6, 6.07) is 4.20. The van der Waals surface area contributed by atoms with Gasteiger partial charge in [0.05, 0.1) is 0 Å². The monoisotopic (exact) mass is 202 g/mol. The molecule has 0 bridgehead atoms. The van der Waals surface area contributed by atoms with Crippen molar-refractivity contribution in [2.24, 2.45) is 0 Å². The summed E-state index contributed by atoms with van der Waals surface area (Å²) in [5.41, 5.74) is 0.142. The smallest absolute Gasteiger partial charge is 0.162 e. The molecule has 2 nitrogen and oxygen atoms in total. The molecule has 1 rings (SSSR count). The number of hydrogen-bond acceptors (Lipinski definition) is 2. The molecule has 0 atom stereocenters. The van der Waals surface area contributed by atoms with Crippen molar-refractivity contribution < 1.29 is 14.3 Å². The fourth-order valence-electron chi connectivity index (χ4n) is 0.954. The van der Waals surface area contributed by atoms with E-state index >= 15 is 0 Å². The quantitative estimate of drug-likeness (QED) is 0.808. The average molecular weight is 203 g/mol. The molecular weight excluding hydrogens is 195 g/mol. The van der Waals surface area contributed by atoms with Crippen LogP contribution in [0.2, 0.25) is 5.02 Å². The highest BCUT2D eigenvalue weighted by Crippen LogP contribution is 2.19. The van der Waals surface area contributed by atoms with E-state index in [0.717, 1.165) is 0 Å². The molecule has 0 spiro atoms. The Labute approximate surface area is 80.0 Å². The molecule has 0 amide bonds. The van der Waals surface area contributed by atoms with Crippen molar-refractivity contribution in [3.8, 4) is 0 Å². The van der Waals surface area contributed by atoms with Gasteiger partial charge in [0.1, 0.15) is 12.4 Å². The molecule has 0 fully saturated rings. The van der Waals surface area contributed by atoms with Gasteiger partial charge in [0.2, 0.25) is 0 Å². The fourth-order valence-corrected chi connectivity index (χ4v) is 1.18. The van der Waals surface area contributed by atoms with Crippen molar-refractivity contribution in [2.75, 3.05) is 6.61 Å². The van der Waals surface area contributed by atoms with Crippen LogP contribution in [0.5, 0.6) is 0 Å². The average Bonchev–Trinajstić information content (AvgIpc) is 2.11. The van der Waals surface area contributed by atoms with Gasteiger partial charge in [-0.05, 0) is 12.1 Å². The molecule has 0 radical (unpaired) electrons. The van der Waals surface area contributed by atoms with Crippen LogP contribution < -0.4 is 0 Å². The Hall–Kier alpha value is -0.930. The highest BCUT2D eigenvalue weighted by atomic mass is 35.5. The lowest BCUT2D eigenvalue weighted by Crippen LogP contribution is -2.09. The lowest BCUT2D eigenvalue weighted by molar-refractivity contribution is -0.121. The summed E-state index contributed by atoms with van der Waals surface area (Å²) in [5.74, 6) is -0.971. The summed E-state index contributed by atoms with van der Waals surface area (Å²) in [6.07, 6.45) is -0.165. The summed E-state index contributed by atoms with van der Waals surface area (Å²) < 4.78 is 13.0. The first-order chi connectivity index (χ1) is 6.15. The molecule has 1 aromatic carbocycles. The van der Waals surface area contributed by atoms with Crippen LogP contribution in [0.4, 0.5) is 4.39 Å². The van der Waals surface area contributed by atoms with Crippen LogP contribution in [-0.2, 0) is 11.2 Å². The second-order valence-electron chi connectivity index (χ2n) is 2.57. The van der Waals surface area contributed by atoms with Gasteiger partial charge in [0.15, 0.2) is 5.78 Å². The molecule has 0 unspecified atom stereocenters. The summed E-state index contributed by atoms with van der Waals surface area (Å²) in [5, 5.41) is 8.67. The molecule has 4 heteroatoms. The number of carbonyl (C=O) groups excluding carboxylic acids is 1. The molecule has 13 heavy (non-hydrogen) atoms. The zero-order valence-electron chi connectivity index (χ0n) is 6.76. The molecule has 0 aromatic heterocycles. The Morgan fingerprint density at radius 3 is 2.77 bits per heavy atom. The minimum Gasteiger partial charge on any atom is -0.389 e. The summed E-state index contributed by atoms with van der Waals surface area (Å²) in [4.78, 5) is 10.8. The molecule has 0 aliphatic carbocycles. The molecule has 0 heterocycles. The van der Waals surface area contributed by atoms with Crippen LogP contribution >= 0.6 is 11.6 Å². The van der Waals surface area contributed by atoms with Gasteiger partial charge < -0.3 is 5.11 Å².